The van der Waals surface area contributed by atoms with Crippen LogP contribution in [0.3, 0.4) is 0 Å². The highest BCUT2D eigenvalue weighted by atomic mass is 35.5. The predicted octanol–water partition coefficient (Wildman–Crippen LogP) is 2.51. The summed E-state index contributed by atoms with van der Waals surface area (Å²) in [5, 5.41) is 25.3. The Labute approximate surface area is 162 Å². The van der Waals surface area contributed by atoms with E-state index in [2.05, 4.69) is 30.4 Å². The third kappa shape index (κ3) is 4.96. The number of thiophene rings is 1. The van der Waals surface area contributed by atoms with E-state index in [9.17, 15) is 5.11 Å². The maximum absolute atomic E-state index is 10.3. The minimum absolute atomic E-state index is 0.362. The van der Waals surface area contributed by atoms with Crippen LogP contribution in [-0.2, 0) is 19.5 Å². The summed E-state index contributed by atoms with van der Waals surface area (Å²) in [7, 11) is 0. The molecule has 26 heavy (non-hydrogen) atoms. The second-order valence-electron chi connectivity index (χ2n) is 6.23. The zero-order valence-electron chi connectivity index (χ0n) is 14.9. The van der Waals surface area contributed by atoms with Gasteiger partial charge in [-0.3, -0.25) is 0 Å². The number of hydrogen-bond donors (Lipinski definition) is 3. The molecule has 1 aliphatic heterocycles. The van der Waals surface area contributed by atoms with E-state index < -0.39 is 6.10 Å². The number of aryl methyl sites for hydroxylation is 1. The standard InChI is InChI=1S/C17H25ClN6OS/c1-2-19-17(20-10-12(25)13-7-8-14(18)26-13)21-11-16-23-22-15-6-4-3-5-9-24(15)16/h7-8,12,25H,2-6,9-11H2,1H3,(H2,19,20,21). The van der Waals surface area contributed by atoms with Crippen molar-refractivity contribution in [3.63, 3.8) is 0 Å². The van der Waals surface area contributed by atoms with Gasteiger partial charge in [-0.05, 0) is 31.9 Å². The second kappa shape index (κ2) is 9.34. The van der Waals surface area contributed by atoms with Gasteiger partial charge in [0.15, 0.2) is 11.8 Å². The van der Waals surface area contributed by atoms with Gasteiger partial charge in [-0.2, -0.15) is 0 Å². The van der Waals surface area contributed by atoms with Gasteiger partial charge in [0.2, 0.25) is 0 Å². The number of aliphatic imine (C=N–C) groups is 1. The van der Waals surface area contributed by atoms with Crippen molar-refractivity contribution in [2.75, 3.05) is 13.1 Å². The Kier molecular flexibility index (Phi) is 6.87. The van der Waals surface area contributed by atoms with Crippen molar-refractivity contribution < 1.29 is 5.11 Å². The highest BCUT2D eigenvalue weighted by Gasteiger charge is 2.15. The number of guanidine groups is 1. The summed E-state index contributed by atoms with van der Waals surface area (Å²) >= 11 is 7.31. The minimum Gasteiger partial charge on any atom is -0.386 e. The van der Waals surface area contributed by atoms with Crippen molar-refractivity contribution in [3.8, 4) is 0 Å². The first-order valence-electron chi connectivity index (χ1n) is 9.03. The number of rotatable bonds is 6. The lowest BCUT2D eigenvalue weighted by Gasteiger charge is -2.14. The van der Waals surface area contributed by atoms with Crippen molar-refractivity contribution in [2.24, 2.45) is 4.99 Å². The first kappa shape index (κ1) is 19.1. The molecule has 3 rings (SSSR count). The number of aliphatic hydroxyl groups excluding tert-OH is 1. The van der Waals surface area contributed by atoms with Crippen LogP contribution < -0.4 is 10.6 Å². The van der Waals surface area contributed by atoms with Crippen LogP contribution >= 0.6 is 22.9 Å². The molecule has 0 aliphatic carbocycles. The van der Waals surface area contributed by atoms with Gasteiger partial charge in [-0.1, -0.05) is 18.0 Å². The van der Waals surface area contributed by atoms with Crippen molar-refractivity contribution in [2.45, 2.75) is 51.8 Å². The molecule has 3 N–H and O–H groups in total. The third-order valence-electron chi connectivity index (χ3n) is 4.29. The quantitative estimate of drug-likeness (QED) is 0.515. The minimum atomic E-state index is -0.624. The summed E-state index contributed by atoms with van der Waals surface area (Å²) in [6, 6.07) is 3.63. The van der Waals surface area contributed by atoms with Gasteiger partial charge < -0.3 is 20.3 Å². The van der Waals surface area contributed by atoms with Gasteiger partial charge in [-0.15, -0.1) is 21.5 Å². The Balaban J connectivity index is 1.61. The van der Waals surface area contributed by atoms with Crippen LogP contribution in [0, 0.1) is 0 Å². The van der Waals surface area contributed by atoms with E-state index in [1.54, 1.807) is 6.07 Å². The average molecular weight is 397 g/mol. The summed E-state index contributed by atoms with van der Waals surface area (Å²) < 4.78 is 2.87. The van der Waals surface area contributed by atoms with E-state index in [1.165, 1.54) is 24.2 Å². The summed E-state index contributed by atoms with van der Waals surface area (Å²) in [5.74, 6) is 2.61. The lowest BCUT2D eigenvalue weighted by Crippen LogP contribution is -2.39. The van der Waals surface area contributed by atoms with Crippen LogP contribution in [0.4, 0.5) is 0 Å². The summed E-state index contributed by atoms with van der Waals surface area (Å²) in [4.78, 5) is 5.44. The van der Waals surface area contributed by atoms with E-state index in [0.29, 0.717) is 23.4 Å². The summed E-state index contributed by atoms with van der Waals surface area (Å²) in [6.45, 7) is 4.54. The molecular weight excluding hydrogens is 372 g/mol. The smallest absolute Gasteiger partial charge is 0.191 e. The van der Waals surface area contributed by atoms with Crippen molar-refractivity contribution in [1.29, 1.82) is 0 Å². The van der Waals surface area contributed by atoms with Crippen LogP contribution in [-0.4, -0.2) is 38.9 Å². The van der Waals surface area contributed by atoms with Gasteiger partial charge in [-0.25, -0.2) is 4.99 Å². The number of nitrogens with one attached hydrogen (secondary N) is 2. The Bertz CT molecular complexity index is 743. The van der Waals surface area contributed by atoms with Crippen LogP contribution in [0.2, 0.25) is 4.34 Å². The number of aromatic nitrogens is 3. The Morgan fingerprint density at radius 2 is 2.23 bits per heavy atom. The fourth-order valence-electron chi connectivity index (χ4n) is 2.96. The number of aliphatic hydroxyl groups is 1. The van der Waals surface area contributed by atoms with Crippen LogP contribution in [0.5, 0.6) is 0 Å². The van der Waals surface area contributed by atoms with Crippen molar-refractivity contribution >= 4 is 28.9 Å². The van der Waals surface area contributed by atoms with E-state index in [-0.39, 0.29) is 0 Å². The SMILES string of the molecule is CCNC(=NCc1nnc2n1CCCCC2)NCC(O)c1ccc(Cl)s1. The molecule has 9 heteroatoms. The molecule has 0 saturated heterocycles. The van der Waals surface area contributed by atoms with E-state index in [0.717, 1.165) is 42.5 Å². The van der Waals surface area contributed by atoms with E-state index >= 15 is 0 Å². The number of halogens is 1. The summed E-state index contributed by atoms with van der Waals surface area (Å²) in [6.07, 6.45) is 3.94. The molecule has 1 unspecified atom stereocenters. The van der Waals surface area contributed by atoms with Crippen molar-refractivity contribution in [1.82, 2.24) is 25.4 Å². The molecule has 2 aromatic heterocycles. The fourth-order valence-corrected chi connectivity index (χ4v) is 4.00. The van der Waals surface area contributed by atoms with Gasteiger partial charge in [0.05, 0.1) is 4.34 Å². The van der Waals surface area contributed by atoms with Gasteiger partial charge in [0.25, 0.3) is 0 Å². The topological polar surface area (TPSA) is 87.4 Å². The number of fused-ring (bicyclic) bond motifs is 1. The molecule has 0 aromatic carbocycles. The highest BCUT2D eigenvalue weighted by Crippen LogP contribution is 2.26. The maximum Gasteiger partial charge on any atom is 0.191 e. The largest absolute Gasteiger partial charge is 0.386 e. The highest BCUT2D eigenvalue weighted by molar-refractivity contribution is 7.16. The molecule has 142 valence electrons. The van der Waals surface area contributed by atoms with Gasteiger partial charge in [0, 0.05) is 30.9 Å². The molecular formula is C17H25ClN6OS. The molecule has 0 amide bonds. The lowest BCUT2D eigenvalue weighted by atomic mass is 10.2. The molecule has 0 spiro atoms. The fraction of sp³-hybridized carbons (Fsp3) is 0.588. The molecule has 0 bridgehead atoms. The maximum atomic E-state index is 10.3. The molecule has 0 saturated carbocycles. The lowest BCUT2D eigenvalue weighted by molar-refractivity contribution is 0.184. The molecule has 0 radical (unpaired) electrons. The number of hydrogen-bond acceptors (Lipinski definition) is 5. The molecule has 7 nitrogen and oxygen atoms in total. The zero-order valence-corrected chi connectivity index (χ0v) is 16.5. The molecule has 2 aromatic rings. The zero-order chi connectivity index (χ0) is 18.4. The monoisotopic (exact) mass is 396 g/mol. The van der Waals surface area contributed by atoms with E-state index in [1.807, 2.05) is 13.0 Å². The first-order valence-corrected chi connectivity index (χ1v) is 10.2. The molecule has 1 atom stereocenters. The Morgan fingerprint density at radius 3 is 3.00 bits per heavy atom. The Hall–Kier alpha value is -1.64. The predicted molar refractivity (Wildman–Crippen MR) is 105 cm³/mol. The second-order valence-corrected chi connectivity index (χ2v) is 7.98. The molecule has 3 heterocycles. The first-order chi connectivity index (χ1) is 12.7. The normalized spacial score (nSPS) is 16.0. The Morgan fingerprint density at radius 1 is 1.35 bits per heavy atom. The van der Waals surface area contributed by atoms with Crippen molar-refractivity contribution in [3.05, 3.63) is 33.0 Å². The molecule has 0 fully saturated rings. The average Bonchev–Trinajstić information content (AvgIpc) is 3.16. The van der Waals surface area contributed by atoms with Crippen LogP contribution in [0.25, 0.3) is 0 Å². The number of nitrogens with zero attached hydrogens (tertiary/aromatic N) is 4. The van der Waals surface area contributed by atoms with Crippen LogP contribution in [0.1, 0.15) is 48.8 Å². The third-order valence-corrected chi connectivity index (χ3v) is 5.63. The van der Waals surface area contributed by atoms with E-state index in [4.69, 9.17) is 11.6 Å². The van der Waals surface area contributed by atoms with Crippen LogP contribution in [0.15, 0.2) is 17.1 Å². The van der Waals surface area contributed by atoms with Gasteiger partial charge in [0.1, 0.15) is 18.5 Å². The van der Waals surface area contributed by atoms with Gasteiger partial charge >= 0.3 is 0 Å². The summed E-state index contributed by atoms with van der Waals surface area (Å²) in [5.41, 5.74) is 0. The molecule has 1 aliphatic rings.